The first-order valence-corrected chi connectivity index (χ1v) is 6.24. The third-order valence-electron chi connectivity index (χ3n) is 2.40. The molecule has 1 aromatic heterocycles. The summed E-state index contributed by atoms with van der Waals surface area (Å²) in [6.07, 6.45) is 3.31. The zero-order valence-corrected chi connectivity index (χ0v) is 10.7. The average Bonchev–Trinajstić information content (AvgIpc) is 2.71. The van der Waals surface area contributed by atoms with E-state index in [-0.39, 0.29) is 5.91 Å². The Hall–Kier alpha value is -1.68. The van der Waals surface area contributed by atoms with Crippen molar-refractivity contribution in [2.45, 2.75) is 13.5 Å². The summed E-state index contributed by atoms with van der Waals surface area (Å²) in [4.78, 5) is 17.7. The summed E-state index contributed by atoms with van der Waals surface area (Å²) in [6, 6.07) is 8.01. The number of para-hydroxylation sites is 1. The van der Waals surface area contributed by atoms with Crippen molar-refractivity contribution >= 4 is 27.5 Å². The third kappa shape index (κ3) is 2.71. The molecule has 0 aliphatic carbocycles. The average molecular weight is 246 g/mol. The molecular weight excluding hydrogens is 232 g/mol. The fourth-order valence-corrected chi connectivity index (χ4v) is 2.56. The Balaban J connectivity index is 2.15. The van der Waals surface area contributed by atoms with Crippen LogP contribution >= 0.6 is 11.3 Å². The van der Waals surface area contributed by atoms with Crippen LogP contribution in [-0.4, -0.2) is 22.8 Å². The molecule has 0 fully saturated rings. The van der Waals surface area contributed by atoms with Gasteiger partial charge in [-0.3, -0.25) is 4.79 Å². The molecule has 0 N–H and O–H groups in total. The maximum atomic E-state index is 11.6. The van der Waals surface area contributed by atoms with Crippen LogP contribution in [0.4, 0.5) is 0 Å². The van der Waals surface area contributed by atoms with E-state index in [1.807, 2.05) is 31.2 Å². The van der Waals surface area contributed by atoms with E-state index in [0.717, 1.165) is 15.2 Å². The van der Waals surface area contributed by atoms with Gasteiger partial charge < -0.3 is 4.90 Å². The Morgan fingerprint density at radius 3 is 2.94 bits per heavy atom. The minimum Gasteiger partial charge on any atom is -0.335 e. The fourth-order valence-electron chi connectivity index (χ4n) is 1.54. The van der Waals surface area contributed by atoms with Gasteiger partial charge in [-0.25, -0.2) is 4.98 Å². The monoisotopic (exact) mass is 246 g/mol. The summed E-state index contributed by atoms with van der Waals surface area (Å²) >= 11 is 1.63. The standard InChI is InChI=1S/C13H14N2OS/c1-3-6-13(16)15(2)9-12-14-10-7-4-5-8-11(10)17-12/h3-8H,9H2,1-2H3. The van der Waals surface area contributed by atoms with Crippen molar-refractivity contribution in [1.82, 2.24) is 9.88 Å². The number of hydrogen-bond acceptors (Lipinski definition) is 3. The molecule has 1 aromatic carbocycles. The number of hydrogen-bond donors (Lipinski definition) is 0. The first-order chi connectivity index (χ1) is 8.20. The highest BCUT2D eigenvalue weighted by molar-refractivity contribution is 7.18. The van der Waals surface area contributed by atoms with E-state index >= 15 is 0 Å². The summed E-state index contributed by atoms with van der Waals surface area (Å²) in [7, 11) is 1.79. The van der Waals surface area contributed by atoms with E-state index in [9.17, 15) is 4.79 Å². The Morgan fingerprint density at radius 2 is 2.24 bits per heavy atom. The van der Waals surface area contributed by atoms with Gasteiger partial charge in [-0.05, 0) is 25.1 Å². The number of nitrogens with zero attached hydrogens (tertiary/aromatic N) is 2. The Labute approximate surface area is 104 Å². The molecule has 3 nitrogen and oxygen atoms in total. The molecule has 0 aliphatic heterocycles. The van der Waals surface area contributed by atoms with Crippen molar-refractivity contribution in [2.75, 3.05) is 7.05 Å². The van der Waals surface area contributed by atoms with Gasteiger partial charge in [-0.15, -0.1) is 11.3 Å². The van der Waals surface area contributed by atoms with Gasteiger partial charge in [0.2, 0.25) is 5.91 Å². The summed E-state index contributed by atoms with van der Waals surface area (Å²) < 4.78 is 1.16. The second-order valence-corrected chi connectivity index (χ2v) is 4.88. The van der Waals surface area contributed by atoms with Gasteiger partial charge in [0.1, 0.15) is 5.01 Å². The molecule has 0 saturated carbocycles. The lowest BCUT2D eigenvalue weighted by Gasteiger charge is -2.12. The van der Waals surface area contributed by atoms with Crippen LogP contribution in [0.15, 0.2) is 36.4 Å². The number of carbonyl (C=O) groups excluding carboxylic acids is 1. The van der Waals surface area contributed by atoms with Crippen molar-refractivity contribution in [3.05, 3.63) is 41.4 Å². The molecule has 1 amide bonds. The third-order valence-corrected chi connectivity index (χ3v) is 3.42. The topological polar surface area (TPSA) is 33.2 Å². The molecule has 17 heavy (non-hydrogen) atoms. The lowest BCUT2D eigenvalue weighted by Crippen LogP contribution is -2.23. The molecule has 0 atom stereocenters. The van der Waals surface area contributed by atoms with E-state index in [1.54, 1.807) is 35.4 Å². The number of rotatable bonds is 3. The van der Waals surface area contributed by atoms with Crippen LogP contribution in [0.2, 0.25) is 0 Å². The quantitative estimate of drug-likeness (QED) is 0.780. The highest BCUT2D eigenvalue weighted by Crippen LogP contribution is 2.22. The molecule has 0 spiro atoms. The second-order valence-electron chi connectivity index (χ2n) is 3.77. The van der Waals surface area contributed by atoms with Gasteiger partial charge in [-0.1, -0.05) is 18.2 Å². The van der Waals surface area contributed by atoms with Gasteiger partial charge in [-0.2, -0.15) is 0 Å². The first kappa shape index (κ1) is 11.8. The number of carbonyl (C=O) groups is 1. The van der Waals surface area contributed by atoms with Gasteiger partial charge in [0.05, 0.1) is 16.8 Å². The normalized spacial score (nSPS) is 11.2. The lowest BCUT2D eigenvalue weighted by molar-refractivity contribution is -0.125. The number of aromatic nitrogens is 1. The zero-order valence-electron chi connectivity index (χ0n) is 9.88. The lowest BCUT2D eigenvalue weighted by atomic mass is 10.3. The SMILES string of the molecule is CC=CC(=O)N(C)Cc1nc2ccccc2s1. The number of likely N-dealkylation sites (N-methyl/N-ethyl adjacent to an activating group) is 1. The van der Waals surface area contributed by atoms with Crippen LogP contribution < -0.4 is 0 Å². The largest absolute Gasteiger partial charge is 0.335 e. The van der Waals surface area contributed by atoms with E-state index in [4.69, 9.17) is 0 Å². The highest BCUT2D eigenvalue weighted by atomic mass is 32.1. The molecule has 0 unspecified atom stereocenters. The van der Waals surface area contributed by atoms with Gasteiger partial charge in [0.25, 0.3) is 0 Å². The predicted octanol–water partition coefficient (Wildman–Crippen LogP) is 2.83. The predicted molar refractivity (Wildman–Crippen MR) is 70.9 cm³/mol. The second kappa shape index (κ2) is 5.10. The smallest absolute Gasteiger partial charge is 0.246 e. The summed E-state index contributed by atoms with van der Waals surface area (Å²) in [6.45, 7) is 2.39. The van der Waals surface area contributed by atoms with Crippen LogP contribution in [0.1, 0.15) is 11.9 Å². The van der Waals surface area contributed by atoms with Crippen LogP contribution in [0, 0.1) is 0 Å². The molecule has 2 aromatic rings. The van der Waals surface area contributed by atoms with Crippen molar-refractivity contribution < 1.29 is 4.79 Å². The fraction of sp³-hybridized carbons (Fsp3) is 0.231. The van der Waals surface area contributed by atoms with Crippen molar-refractivity contribution in [3.63, 3.8) is 0 Å². The summed E-state index contributed by atoms with van der Waals surface area (Å²) in [5.74, 6) is 0.00626. The Kier molecular flexibility index (Phi) is 3.54. The molecule has 0 aliphatic rings. The first-order valence-electron chi connectivity index (χ1n) is 5.43. The van der Waals surface area contributed by atoms with Crippen LogP contribution in [0.5, 0.6) is 0 Å². The Bertz CT molecular complexity index is 526. The molecule has 2 rings (SSSR count). The van der Waals surface area contributed by atoms with Gasteiger partial charge in [0, 0.05) is 7.05 Å². The number of benzene rings is 1. The number of thiazole rings is 1. The van der Waals surface area contributed by atoms with Crippen LogP contribution in [0.3, 0.4) is 0 Å². The summed E-state index contributed by atoms with van der Waals surface area (Å²) in [5, 5.41) is 0.964. The maximum absolute atomic E-state index is 11.6. The molecule has 88 valence electrons. The number of fused-ring (bicyclic) bond motifs is 1. The Morgan fingerprint density at radius 1 is 1.47 bits per heavy atom. The molecule has 0 bridgehead atoms. The zero-order chi connectivity index (χ0) is 12.3. The van der Waals surface area contributed by atoms with E-state index in [2.05, 4.69) is 4.98 Å². The van der Waals surface area contributed by atoms with Crippen LogP contribution in [0.25, 0.3) is 10.2 Å². The maximum Gasteiger partial charge on any atom is 0.246 e. The van der Waals surface area contributed by atoms with E-state index in [0.29, 0.717) is 6.54 Å². The minimum absolute atomic E-state index is 0.00626. The molecule has 1 heterocycles. The van der Waals surface area contributed by atoms with Crippen molar-refractivity contribution in [2.24, 2.45) is 0 Å². The number of allylic oxidation sites excluding steroid dienone is 1. The van der Waals surface area contributed by atoms with Crippen LogP contribution in [-0.2, 0) is 11.3 Å². The van der Waals surface area contributed by atoms with E-state index in [1.165, 1.54) is 0 Å². The molecule has 4 heteroatoms. The molecule has 0 radical (unpaired) electrons. The number of amides is 1. The molecule has 0 saturated heterocycles. The summed E-state index contributed by atoms with van der Waals surface area (Å²) in [5.41, 5.74) is 0.999. The molecular formula is C13H14N2OS. The van der Waals surface area contributed by atoms with Gasteiger partial charge in [0.15, 0.2) is 0 Å². The van der Waals surface area contributed by atoms with E-state index < -0.39 is 0 Å². The van der Waals surface area contributed by atoms with Gasteiger partial charge >= 0.3 is 0 Å². The highest BCUT2D eigenvalue weighted by Gasteiger charge is 2.09. The van der Waals surface area contributed by atoms with Crippen molar-refractivity contribution in [3.8, 4) is 0 Å². The minimum atomic E-state index is 0.00626. The van der Waals surface area contributed by atoms with Crippen molar-refractivity contribution in [1.29, 1.82) is 0 Å².